The summed E-state index contributed by atoms with van der Waals surface area (Å²) in [5.41, 5.74) is 5.24. The predicted molar refractivity (Wildman–Crippen MR) is 139 cm³/mol. The van der Waals surface area contributed by atoms with Gasteiger partial charge in [0.05, 0.1) is 13.2 Å². The van der Waals surface area contributed by atoms with Gasteiger partial charge in [-0.3, -0.25) is 9.59 Å². The molecular weight excluding hydrogens is 452 g/mol. The summed E-state index contributed by atoms with van der Waals surface area (Å²) in [6, 6.07) is 21.4. The molecule has 1 saturated carbocycles. The molecule has 1 aliphatic carbocycles. The predicted octanol–water partition coefficient (Wildman–Crippen LogP) is 5.29. The van der Waals surface area contributed by atoms with E-state index in [0.29, 0.717) is 18.0 Å². The highest BCUT2D eigenvalue weighted by molar-refractivity contribution is 5.94. The Bertz CT molecular complexity index is 1250. The van der Waals surface area contributed by atoms with Crippen LogP contribution in [0.5, 0.6) is 11.5 Å². The average molecular weight is 485 g/mol. The molecule has 0 saturated heterocycles. The molecule has 3 aromatic rings. The minimum atomic E-state index is -0.698. The molecule has 0 radical (unpaired) electrons. The van der Waals surface area contributed by atoms with Crippen molar-refractivity contribution in [2.45, 2.75) is 45.3 Å². The Morgan fingerprint density at radius 2 is 1.67 bits per heavy atom. The third-order valence-electron chi connectivity index (χ3n) is 6.99. The Hall–Kier alpha value is -3.80. The second-order valence-corrected chi connectivity index (χ2v) is 9.71. The van der Waals surface area contributed by atoms with Crippen molar-refractivity contribution in [2.24, 2.45) is 5.92 Å². The number of benzene rings is 3. The van der Waals surface area contributed by atoms with Crippen LogP contribution in [0.15, 0.2) is 66.7 Å². The van der Waals surface area contributed by atoms with Gasteiger partial charge in [0.2, 0.25) is 5.91 Å². The lowest BCUT2D eigenvalue weighted by Gasteiger charge is -2.38. The second-order valence-electron chi connectivity index (χ2n) is 9.71. The maximum Gasteiger partial charge on any atom is 0.265 e. The average Bonchev–Trinajstić information content (AvgIpc) is 3.74. The fourth-order valence-electron chi connectivity index (χ4n) is 4.75. The molecule has 186 valence electrons. The Morgan fingerprint density at radius 3 is 2.33 bits per heavy atom. The Balaban J connectivity index is 1.38. The van der Waals surface area contributed by atoms with Gasteiger partial charge in [-0.15, -0.1) is 0 Å². The van der Waals surface area contributed by atoms with Crippen LogP contribution in [0.4, 0.5) is 5.69 Å². The van der Waals surface area contributed by atoms with Crippen molar-refractivity contribution in [1.82, 2.24) is 4.90 Å². The van der Waals surface area contributed by atoms with Crippen LogP contribution in [-0.2, 0) is 16.0 Å². The molecule has 0 aromatic heterocycles. The zero-order chi connectivity index (χ0) is 25.2. The maximum absolute atomic E-state index is 13.2. The van der Waals surface area contributed by atoms with Crippen molar-refractivity contribution < 1.29 is 19.1 Å². The molecule has 2 atom stereocenters. The van der Waals surface area contributed by atoms with Gasteiger partial charge in [0, 0.05) is 18.2 Å². The number of amides is 2. The van der Waals surface area contributed by atoms with Crippen LogP contribution < -0.4 is 14.8 Å². The Labute approximate surface area is 212 Å². The molecule has 1 aliphatic heterocycles. The molecule has 3 aromatic carbocycles. The van der Waals surface area contributed by atoms with E-state index in [-0.39, 0.29) is 23.8 Å². The molecule has 0 bridgehead atoms. The first-order valence-electron chi connectivity index (χ1n) is 12.5. The van der Waals surface area contributed by atoms with E-state index < -0.39 is 6.10 Å². The van der Waals surface area contributed by atoms with E-state index in [2.05, 4.69) is 42.6 Å². The van der Waals surface area contributed by atoms with Crippen molar-refractivity contribution in [1.29, 1.82) is 0 Å². The molecule has 6 nitrogen and oxygen atoms in total. The molecule has 2 aliphatic rings. The molecule has 0 spiro atoms. The molecule has 1 heterocycles. The molecular formula is C30H32N2O4. The summed E-state index contributed by atoms with van der Waals surface area (Å²) in [4.78, 5) is 28.0. The lowest BCUT2D eigenvalue weighted by Crippen LogP contribution is -2.41. The lowest BCUT2D eigenvalue weighted by molar-refractivity contribution is -0.134. The summed E-state index contributed by atoms with van der Waals surface area (Å²) in [7, 11) is 1.60. The molecule has 0 unspecified atom stereocenters. The lowest BCUT2D eigenvalue weighted by atomic mass is 9.87. The van der Waals surface area contributed by atoms with Crippen LogP contribution in [0.1, 0.15) is 48.1 Å². The van der Waals surface area contributed by atoms with E-state index >= 15 is 0 Å². The van der Waals surface area contributed by atoms with E-state index in [9.17, 15) is 9.59 Å². The van der Waals surface area contributed by atoms with Crippen LogP contribution >= 0.6 is 0 Å². The minimum absolute atomic E-state index is 0.153. The molecule has 2 amide bonds. The smallest absolute Gasteiger partial charge is 0.265 e. The first-order chi connectivity index (χ1) is 17.4. The van der Waals surface area contributed by atoms with Gasteiger partial charge < -0.3 is 19.7 Å². The number of ether oxygens (including phenoxy) is 2. The number of anilines is 1. The van der Waals surface area contributed by atoms with Crippen LogP contribution in [0, 0.1) is 12.8 Å². The number of fused-ring (bicyclic) bond motifs is 1. The van der Waals surface area contributed by atoms with Crippen molar-refractivity contribution in [3.8, 4) is 11.5 Å². The van der Waals surface area contributed by atoms with Gasteiger partial charge in [-0.05, 0) is 86.2 Å². The summed E-state index contributed by atoms with van der Waals surface area (Å²) in [5.74, 6) is 1.50. The quantitative estimate of drug-likeness (QED) is 0.495. The van der Waals surface area contributed by atoms with Gasteiger partial charge in [-0.1, -0.05) is 35.9 Å². The monoisotopic (exact) mass is 484 g/mol. The van der Waals surface area contributed by atoms with Crippen LogP contribution in [0.2, 0.25) is 0 Å². The highest BCUT2D eigenvalue weighted by atomic mass is 16.5. The zero-order valence-corrected chi connectivity index (χ0v) is 21.0. The normalized spacial score (nSPS) is 17.6. The third kappa shape index (κ3) is 5.08. The molecule has 6 heteroatoms. The second kappa shape index (κ2) is 10.1. The first-order valence-corrected chi connectivity index (χ1v) is 12.5. The van der Waals surface area contributed by atoms with E-state index in [1.165, 1.54) is 11.1 Å². The number of nitrogens with one attached hydrogen (secondary N) is 1. The molecule has 36 heavy (non-hydrogen) atoms. The van der Waals surface area contributed by atoms with Crippen molar-refractivity contribution >= 4 is 17.5 Å². The third-order valence-corrected chi connectivity index (χ3v) is 6.99. The van der Waals surface area contributed by atoms with Crippen molar-refractivity contribution in [2.75, 3.05) is 19.0 Å². The zero-order valence-electron chi connectivity index (χ0n) is 21.0. The summed E-state index contributed by atoms with van der Waals surface area (Å²) < 4.78 is 11.2. The number of methoxy groups -OCH3 is 1. The number of hydrogen-bond acceptors (Lipinski definition) is 4. The summed E-state index contributed by atoms with van der Waals surface area (Å²) in [6.45, 7) is 4.51. The topological polar surface area (TPSA) is 67.9 Å². The van der Waals surface area contributed by atoms with Crippen LogP contribution in [-0.4, -0.2) is 36.5 Å². The van der Waals surface area contributed by atoms with Crippen LogP contribution in [0.3, 0.4) is 0 Å². The van der Waals surface area contributed by atoms with E-state index in [1.54, 1.807) is 38.3 Å². The van der Waals surface area contributed by atoms with Gasteiger partial charge in [-0.25, -0.2) is 0 Å². The number of nitrogens with zero attached hydrogens (tertiary/aromatic N) is 1. The molecule has 5 rings (SSSR count). The minimum Gasteiger partial charge on any atom is -0.497 e. The number of rotatable bonds is 7. The summed E-state index contributed by atoms with van der Waals surface area (Å²) in [5, 5.41) is 2.88. The summed E-state index contributed by atoms with van der Waals surface area (Å²) >= 11 is 0. The SMILES string of the molecule is COc1ccc(NC(=O)[C@H](C)Oc2ccc3c(c2)[C@H](c2ccc(C)cc2)N(C(=O)C2CC2)CC3)cc1. The van der Waals surface area contributed by atoms with Crippen molar-refractivity contribution in [3.63, 3.8) is 0 Å². The fourth-order valence-corrected chi connectivity index (χ4v) is 4.75. The number of carbonyl (C=O) groups excluding carboxylic acids is 2. The first kappa shape index (κ1) is 23.9. The number of aryl methyl sites for hydroxylation is 1. The van der Waals surface area contributed by atoms with Gasteiger partial charge >= 0.3 is 0 Å². The molecule has 1 N–H and O–H groups in total. The van der Waals surface area contributed by atoms with Crippen molar-refractivity contribution in [3.05, 3.63) is 89.0 Å². The van der Waals surface area contributed by atoms with Crippen LogP contribution in [0.25, 0.3) is 0 Å². The van der Waals surface area contributed by atoms with E-state index in [4.69, 9.17) is 9.47 Å². The van der Waals surface area contributed by atoms with E-state index in [1.807, 2.05) is 17.0 Å². The summed E-state index contributed by atoms with van der Waals surface area (Å²) in [6.07, 6.45) is 2.07. The highest BCUT2D eigenvalue weighted by Crippen LogP contribution is 2.41. The highest BCUT2D eigenvalue weighted by Gasteiger charge is 2.39. The largest absolute Gasteiger partial charge is 0.497 e. The number of carbonyl (C=O) groups is 2. The van der Waals surface area contributed by atoms with Gasteiger partial charge in [-0.2, -0.15) is 0 Å². The molecule has 1 fully saturated rings. The van der Waals surface area contributed by atoms with Gasteiger partial charge in [0.1, 0.15) is 11.5 Å². The Kier molecular flexibility index (Phi) is 6.68. The standard InChI is InChI=1S/C30H32N2O4/c1-19-4-6-22(7-5-19)28-27-18-26(13-10-21(27)16-17-32(28)30(34)23-8-9-23)36-20(2)29(33)31-24-11-14-25(35-3)15-12-24/h4-7,10-15,18,20,23,28H,8-9,16-17H2,1-3H3,(H,31,33)/t20-,28-/m0/s1. The van der Waals surface area contributed by atoms with E-state index in [0.717, 1.165) is 36.1 Å². The maximum atomic E-state index is 13.2. The Morgan fingerprint density at radius 1 is 0.972 bits per heavy atom. The van der Waals surface area contributed by atoms with Gasteiger partial charge in [0.25, 0.3) is 5.91 Å². The van der Waals surface area contributed by atoms with Gasteiger partial charge in [0.15, 0.2) is 6.10 Å². The number of hydrogen-bond donors (Lipinski definition) is 1. The fraction of sp³-hybridized carbons (Fsp3) is 0.333.